The molecule has 1 aromatic heterocycles. The topological polar surface area (TPSA) is 88.3 Å². The molecule has 2 N–H and O–H groups in total. The number of hydrogen-bond acceptors (Lipinski definition) is 5. The highest BCUT2D eigenvalue weighted by Gasteiger charge is 2.34. The van der Waals surface area contributed by atoms with Gasteiger partial charge in [0.25, 0.3) is 5.69 Å². The molecule has 6 heteroatoms. The average Bonchev–Trinajstić information content (AvgIpc) is 2.42. The van der Waals surface area contributed by atoms with E-state index in [2.05, 4.69) is 10.3 Å². The summed E-state index contributed by atoms with van der Waals surface area (Å²) in [5, 5.41) is 25.0. The summed E-state index contributed by atoms with van der Waals surface area (Å²) in [6, 6.07) is 6.65. The summed E-state index contributed by atoms with van der Waals surface area (Å²) in [5.74, 6) is 0. The molecule has 0 radical (unpaired) electrons. The van der Waals surface area contributed by atoms with Crippen LogP contribution in [0.4, 0.5) is 11.4 Å². The number of aliphatic hydroxyl groups is 1. The van der Waals surface area contributed by atoms with Gasteiger partial charge in [0.2, 0.25) is 0 Å². The van der Waals surface area contributed by atoms with Crippen molar-refractivity contribution in [2.75, 3.05) is 11.9 Å². The van der Waals surface area contributed by atoms with Crippen LogP contribution in [0.2, 0.25) is 0 Å². The number of hydrogen-bond donors (Lipinski definition) is 2. The van der Waals surface area contributed by atoms with Crippen molar-refractivity contribution < 1.29 is 10.0 Å². The maximum atomic E-state index is 11.0. The second-order valence-electron chi connectivity index (χ2n) is 5.22. The number of fused-ring (bicyclic) bond motifs is 1. The van der Waals surface area contributed by atoms with Crippen LogP contribution in [0.5, 0.6) is 0 Å². The molecule has 0 amide bonds. The van der Waals surface area contributed by atoms with Gasteiger partial charge in [0, 0.05) is 29.9 Å². The van der Waals surface area contributed by atoms with E-state index in [-0.39, 0.29) is 5.69 Å². The minimum absolute atomic E-state index is 0.00601. The van der Waals surface area contributed by atoms with E-state index in [9.17, 15) is 15.2 Å². The van der Waals surface area contributed by atoms with Crippen molar-refractivity contribution in [1.82, 2.24) is 4.98 Å². The normalized spacial score (nSPS) is 16.6. The molecule has 2 aromatic rings. The van der Waals surface area contributed by atoms with Gasteiger partial charge in [-0.2, -0.15) is 0 Å². The number of para-hydroxylation sites is 1. The maximum absolute atomic E-state index is 11.0. The van der Waals surface area contributed by atoms with Crippen molar-refractivity contribution in [3.05, 3.63) is 40.6 Å². The number of pyridine rings is 1. The van der Waals surface area contributed by atoms with Crippen LogP contribution < -0.4 is 5.32 Å². The third-order valence-corrected chi connectivity index (χ3v) is 3.84. The Labute approximate surface area is 115 Å². The standard InChI is InChI=1S/C14H15N3O3/c18-14(6-2-7-14)9-16-11-5-8-15-13-10(11)3-1-4-12(13)17(19)20/h1,3-5,8,18H,2,6-7,9H2,(H,15,16). The van der Waals surface area contributed by atoms with Gasteiger partial charge in [0.05, 0.1) is 10.5 Å². The van der Waals surface area contributed by atoms with Gasteiger partial charge in [-0.15, -0.1) is 0 Å². The molecule has 1 aromatic carbocycles. The molecule has 1 heterocycles. The molecular formula is C14H15N3O3. The highest BCUT2D eigenvalue weighted by atomic mass is 16.6. The fourth-order valence-electron chi connectivity index (χ4n) is 2.48. The quantitative estimate of drug-likeness (QED) is 0.660. The second kappa shape index (κ2) is 4.72. The first kappa shape index (κ1) is 12.8. The number of nitro groups is 1. The smallest absolute Gasteiger partial charge is 0.295 e. The monoisotopic (exact) mass is 273 g/mol. The Hall–Kier alpha value is -2.21. The molecular weight excluding hydrogens is 258 g/mol. The minimum atomic E-state index is -0.643. The number of non-ortho nitro benzene ring substituents is 1. The number of aromatic nitrogens is 1. The van der Waals surface area contributed by atoms with Crippen molar-refractivity contribution in [3.8, 4) is 0 Å². The summed E-state index contributed by atoms with van der Waals surface area (Å²) in [7, 11) is 0. The average molecular weight is 273 g/mol. The summed E-state index contributed by atoms with van der Waals surface area (Å²) in [4.78, 5) is 14.7. The summed E-state index contributed by atoms with van der Waals surface area (Å²) in [6.07, 6.45) is 4.18. The van der Waals surface area contributed by atoms with Crippen LogP contribution in [0.3, 0.4) is 0 Å². The zero-order valence-electron chi connectivity index (χ0n) is 10.9. The van der Waals surface area contributed by atoms with Gasteiger partial charge >= 0.3 is 0 Å². The Morgan fingerprint density at radius 1 is 1.40 bits per heavy atom. The van der Waals surface area contributed by atoms with Gasteiger partial charge in [0.1, 0.15) is 5.52 Å². The molecule has 1 fully saturated rings. The van der Waals surface area contributed by atoms with E-state index in [1.165, 1.54) is 6.07 Å². The maximum Gasteiger partial charge on any atom is 0.295 e. The molecule has 0 bridgehead atoms. The Kier molecular flexibility index (Phi) is 3.02. The molecule has 0 unspecified atom stereocenters. The SMILES string of the molecule is O=[N+]([O-])c1cccc2c(NCC3(O)CCC3)ccnc12. The van der Waals surface area contributed by atoms with Crippen LogP contribution in [0, 0.1) is 10.1 Å². The van der Waals surface area contributed by atoms with Crippen molar-refractivity contribution in [2.24, 2.45) is 0 Å². The van der Waals surface area contributed by atoms with Crippen molar-refractivity contribution >= 4 is 22.3 Å². The third kappa shape index (κ3) is 2.18. The van der Waals surface area contributed by atoms with Crippen LogP contribution in [0.25, 0.3) is 10.9 Å². The lowest BCUT2D eigenvalue weighted by molar-refractivity contribution is -0.383. The van der Waals surface area contributed by atoms with E-state index in [1.807, 2.05) is 0 Å². The van der Waals surface area contributed by atoms with Gasteiger partial charge < -0.3 is 10.4 Å². The van der Waals surface area contributed by atoms with Crippen LogP contribution >= 0.6 is 0 Å². The lowest BCUT2D eigenvalue weighted by Crippen LogP contribution is -2.43. The number of nitro benzene ring substituents is 1. The van der Waals surface area contributed by atoms with Gasteiger partial charge in [-0.25, -0.2) is 4.98 Å². The minimum Gasteiger partial charge on any atom is -0.388 e. The van der Waals surface area contributed by atoms with E-state index in [4.69, 9.17) is 0 Å². The summed E-state index contributed by atoms with van der Waals surface area (Å²) in [6.45, 7) is 0.453. The van der Waals surface area contributed by atoms with Crippen molar-refractivity contribution in [1.29, 1.82) is 0 Å². The number of nitrogens with zero attached hydrogens (tertiary/aromatic N) is 2. The van der Waals surface area contributed by atoms with Crippen LogP contribution in [0.15, 0.2) is 30.5 Å². The highest BCUT2D eigenvalue weighted by Crippen LogP contribution is 2.33. The van der Waals surface area contributed by atoms with Crippen molar-refractivity contribution in [3.63, 3.8) is 0 Å². The fourth-order valence-corrected chi connectivity index (χ4v) is 2.48. The predicted octanol–water partition coefficient (Wildman–Crippen LogP) is 2.47. The van der Waals surface area contributed by atoms with Gasteiger partial charge in [-0.3, -0.25) is 10.1 Å². The first-order valence-electron chi connectivity index (χ1n) is 6.57. The molecule has 0 aliphatic heterocycles. The summed E-state index contributed by atoms with van der Waals surface area (Å²) >= 11 is 0. The molecule has 0 spiro atoms. The zero-order valence-corrected chi connectivity index (χ0v) is 10.9. The number of rotatable bonds is 4. The first-order valence-corrected chi connectivity index (χ1v) is 6.57. The lowest BCUT2D eigenvalue weighted by atomic mass is 9.80. The molecule has 3 rings (SSSR count). The molecule has 0 saturated heterocycles. The molecule has 1 saturated carbocycles. The number of anilines is 1. The molecule has 1 aliphatic rings. The number of benzene rings is 1. The predicted molar refractivity (Wildman–Crippen MR) is 75.7 cm³/mol. The van der Waals surface area contributed by atoms with Gasteiger partial charge in [-0.05, 0) is 25.3 Å². The molecule has 20 heavy (non-hydrogen) atoms. The van der Waals surface area contributed by atoms with Gasteiger partial charge in [-0.1, -0.05) is 12.1 Å². The fraction of sp³-hybridized carbons (Fsp3) is 0.357. The number of nitrogens with one attached hydrogen (secondary N) is 1. The molecule has 6 nitrogen and oxygen atoms in total. The lowest BCUT2D eigenvalue weighted by Gasteiger charge is -2.37. The van der Waals surface area contributed by atoms with E-state index < -0.39 is 10.5 Å². The Balaban J connectivity index is 1.95. The van der Waals surface area contributed by atoms with E-state index in [0.717, 1.165) is 24.9 Å². The Morgan fingerprint density at radius 3 is 2.85 bits per heavy atom. The van der Waals surface area contributed by atoms with Crippen LogP contribution in [-0.4, -0.2) is 27.2 Å². The van der Waals surface area contributed by atoms with Gasteiger partial charge in [0.15, 0.2) is 0 Å². The summed E-state index contributed by atoms with van der Waals surface area (Å²) in [5.41, 5.74) is 0.478. The van der Waals surface area contributed by atoms with Crippen molar-refractivity contribution in [2.45, 2.75) is 24.9 Å². The first-order chi connectivity index (χ1) is 9.59. The van der Waals surface area contributed by atoms with E-state index in [0.29, 0.717) is 17.4 Å². The molecule has 104 valence electrons. The third-order valence-electron chi connectivity index (χ3n) is 3.84. The van der Waals surface area contributed by atoms with Crippen LogP contribution in [-0.2, 0) is 0 Å². The Morgan fingerprint density at radius 2 is 2.20 bits per heavy atom. The highest BCUT2D eigenvalue weighted by molar-refractivity contribution is 5.96. The molecule has 0 atom stereocenters. The Bertz CT molecular complexity index is 668. The van der Waals surface area contributed by atoms with E-state index >= 15 is 0 Å². The summed E-state index contributed by atoms with van der Waals surface area (Å²) < 4.78 is 0. The zero-order chi connectivity index (χ0) is 14.2. The van der Waals surface area contributed by atoms with E-state index in [1.54, 1.807) is 24.4 Å². The van der Waals surface area contributed by atoms with Crippen LogP contribution in [0.1, 0.15) is 19.3 Å². The molecule has 1 aliphatic carbocycles. The largest absolute Gasteiger partial charge is 0.388 e. The second-order valence-corrected chi connectivity index (χ2v) is 5.22.